The Labute approximate surface area is 98.5 Å². The monoisotopic (exact) mass is 243 g/mol. The molecule has 0 heterocycles. The minimum Gasteiger partial charge on any atom is -0.480 e. The predicted octanol–water partition coefficient (Wildman–Crippen LogP) is 2.26. The number of benzene rings is 1. The maximum atomic E-state index is 13.6. The zero-order valence-corrected chi connectivity index (χ0v) is 9.76. The van der Waals surface area contributed by atoms with Crippen molar-refractivity contribution in [2.24, 2.45) is 0 Å². The molecule has 1 atom stereocenters. The highest BCUT2D eigenvalue weighted by atomic mass is 19.2. The van der Waals surface area contributed by atoms with Crippen molar-refractivity contribution in [2.45, 2.75) is 25.8 Å². The Kier molecular flexibility index (Phi) is 4.17. The van der Waals surface area contributed by atoms with Gasteiger partial charge in [0, 0.05) is 5.56 Å². The summed E-state index contributed by atoms with van der Waals surface area (Å²) in [5.74, 6) is -3.41. The lowest BCUT2D eigenvalue weighted by Gasteiger charge is -2.27. The van der Waals surface area contributed by atoms with E-state index in [-0.39, 0.29) is 5.56 Å². The lowest BCUT2D eigenvalue weighted by atomic mass is 9.91. The first-order chi connectivity index (χ1) is 7.93. The van der Waals surface area contributed by atoms with E-state index in [4.69, 9.17) is 0 Å². The van der Waals surface area contributed by atoms with Crippen LogP contribution in [-0.2, 0) is 10.3 Å². The largest absolute Gasteiger partial charge is 0.480 e. The molecule has 0 radical (unpaired) electrons. The molecule has 0 saturated carbocycles. The zero-order chi connectivity index (χ0) is 13.1. The Balaban J connectivity index is 3.22. The number of carboxylic acid groups (broad SMARTS) is 1. The van der Waals surface area contributed by atoms with E-state index < -0.39 is 23.1 Å². The van der Waals surface area contributed by atoms with E-state index in [9.17, 15) is 18.7 Å². The van der Waals surface area contributed by atoms with Crippen molar-refractivity contribution < 1.29 is 18.7 Å². The Hall–Kier alpha value is -1.49. The van der Waals surface area contributed by atoms with Gasteiger partial charge in [-0.3, -0.25) is 5.32 Å². The fraction of sp³-hybridized carbons (Fsp3) is 0.417. The molecule has 0 aliphatic carbocycles. The Morgan fingerprint density at radius 2 is 2.12 bits per heavy atom. The van der Waals surface area contributed by atoms with Gasteiger partial charge in [0.15, 0.2) is 11.6 Å². The lowest BCUT2D eigenvalue weighted by Crippen LogP contribution is -2.47. The number of hydrogen-bond donors (Lipinski definition) is 2. The van der Waals surface area contributed by atoms with Crippen molar-refractivity contribution in [3.8, 4) is 0 Å². The second-order valence-corrected chi connectivity index (χ2v) is 3.96. The Bertz CT molecular complexity index is 423. The van der Waals surface area contributed by atoms with E-state index >= 15 is 0 Å². The summed E-state index contributed by atoms with van der Waals surface area (Å²) in [5.41, 5.74) is -1.82. The van der Waals surface area contributed by atoms with E-state index in [1.54, 1.807) is 0 Å². The highest BCUT2D eigenvalue weighted by Crippen LogP contribution is 2.25. The maximum Gasteiger partial charge on any atom is 0.328 e. The standard InChI is InChI=1S/C12H15F2NO2/c1-3-7-15-12(2,11(16)17)8-5-4-6-9(13)10(8)14/h4-6,15H,3,7H2,1-2H3,(H,16,17). The molecule has 2 N–H and O–H groups in total. The van der Waals surface area contributed by atoms with Gasteiger partial charge in [-0.25, -0.2) is 13.6 Å². The number of hydrogen-bond acceptors (Lipinski definition) is 2. The fourth-order valence-corrected chi connectivity index (χ4v) is 1.55. The van der Waals surface area contributed by atoms with Crippen molar-refractivity contribution in [3.63, 3.8) is 0 Å². The molecule has 0 saturated heterocycles. The third-order valence-electron chi connectivity index (χ3n) is 2.65. The van der Waals surface area contributed by atoms with E-state index in [1.807, 2.05) is 6.92 Å². The van der Waals surface area contributed by atoms with Crippen LogP contribution in [-0.4, -0.2) is 17.6 Å². The first kappa shape index (κ1) is 13.6. The molecule has 0 aliphatic rings. The first-order valence-corrected chi connectivity index (χ1v) is 5.36. The van der Waals surface area contributed by atoms with Crippen LogP contribution in [0.5, 0.6) is 0 Å². The minimum atomic E-state index is -1.62. The van der Waals surface area contributed by atoms with Crippen molar-refractivity contribution in [1.29, 1.82) is 0 Å². The molecule has 0 aliphatic heterocycles. The van der Waals surface area contributed by atoms with Crippen LogP contribution < -0.4 is 5.32 Å². The number of carbonyl (C=O) groups is 1. The van der Waals surface area contributed by atoms with Gasteiger partial charge in [-0.1, -0.05) is 19.1 Å². The molecule has 94 valence electrons. The number of rotatable bonds is 5. The van der Waals surface area contributed by atoms with Gasteiger partial charge >= 0.3 is 5.97 Å². The number of aliphatic carboxylic acids is 1. The van der Waals surface area contributed by atoms with Gasteiger partial charge in [-0.15, -0.1) is 0 Å². The van der Waals surface area contributed by atoms with E-state index in [0.29, 0.717) is 13.0 Å². The van der Waals surface area contributed by atoms with E-state index in [1.165, 1.54) is 19.1 Å². The average Bonchev–Trinajstić information content (AvgIpc) is 2.29. The van der Waals surface area contributed by atoms with Crippen LogP contribution in [0, 0.1) is 11.6 Å². The van der Waals surface area contributed by atoms with Gasteiger partial charge in [0.1, 0.15) is 5.54 Å². The SMILES string of the molecule is CCCNC(C)(C(=O)O)c1cccc(F)c1F. The molecule has 1 unspecified atom stereocenters. The van der Waals surface area contributed by atoms with Crippen LogP contribution in [0.3, 0.4) is 0 Å². The summed E-state index contributed by atoms with van der Waals surface area (Å²) in [6, 6.07) is 3.53. The van der Waals surface area contributed by atoms with Crippen LogP contribution in [0.4, 0.5) is 8.78 Å². The maximum absolute atomic E-state index is 13.6. The molecule has 17 heavy (non-hydrogen) atoms. The number of halogens is 2. The zero-order valence-electron chi connectivity index (χ0n) is 9.76. The second kappa shape index (κ2) is 5.23. The second-order valence-electron chi connectivity index (χ2n) is 3.96. The number of carboxylic acids is 1. The first-order valence-electron chi connectivity index (χ1n) is 5.36. The average molecular weight is 243 g/mol. The topological polar surface area (TPSA) is 49.3 Å². The quantitative estimate of drug-likeness (QED) is 0.834. The molecule has 0 fully saturated rings. The van der Waals surface area contributed by atoms with Crippen LogP contribution >= 0.6 is 0 Å². The van der Waals surface area contributed by atoms with Crippen molar-refractivity contribution in [3.05, 3.63) is 35.4 Å². The van der Waals surface area contributed by atoms with Crippen molar-refractivity contribution in [2.75, 3.05) is 6.54 Å². The highest BCUT2D eigenvalue weighted by Gasteiger charge is 2.37. The van der Waals surface area contributed by atoms with Gasteiger partial charge in [0.25, 0.3) is 0 Å². The van der Waals surface area contributed by atoms with Crippen LogP contribution in [0.15, 0.2) is 18.2 Å². The Morgan fingerprint density at radius 3 is 2.65 bits per heavy atom. The van der Waals surface area contributed by atoms with Gasteiger partial charge in [-0.05, 0) is 26.0 Å². The normalized spacial score (nSPS) is 14.4. The summed E-state index contributed by atoms with van der Waals surface area (Å²) in [4.78, 5) is 11.2. The van der Waals surface area contributed by atoms with Gasteiger partial charge in [0.2, 0.25) is 0 Å². The molecule has 0 bridgehead atoms. The summed E-state index contributed by atoms with van der Waals surface area (Å²) in [6.45, 7) is 3.58. The highest BCUT2D eigenvalue weighted by molar-refractivity contribution is 5.80. The molecule has 0 amide bonds. The molecular weight excluding hydrogens is 228 g/mol. The number of nitrogens with one attached hydrogen (secondary N) is 1. The summed E-state index contributed by atoms with van der Waals surface area (Å²) in [6.07, 6.45) is 0.694. The molecule has 1 aromatic carbocycles. The summed E-state index contributed by atoms with van der Waals surface area (Å²) in [7, 11) is 0. The minimum absolute atomic E-state index is 0.196. The summed E-state index contributed by atoms with van der Waals surface area (Å²) >= 11 is 0. The molecule has 0 spiro atoms. The third kappa shape index (κ3) is 2.61. The molecule has 1 aromatic rings. The van der Waals surface area contributed by atoms with Crippen molar-refractivity contribution in [1.82, 2.24) is 5.32 Å². The Morgan fingerprint density at radius 1 is 1.47 bits per heavy atom. The molecule has 0 aromatic heterocycles. The molecular formula is C12H15F2NO2. The van der Waals surface area contributed by atoms with Gasteiger partial charge in [0.05, 0.1) is 0 Å². The molecule has 1 rings (SSSR count). The summed E-state index contributed by atoms with van der Waals surface area (Å²) in [5, 5.41) is 11.9. The van der Waals surface area contributed by atoms with Crippen molar-refractivity contribution >= 4 is 5.97 Å². The van der Waals surface area contributed by atoms with Crippen LogP contribution in [0.1, 0.15) is 25.8 Å². The lowest BCUT2D eigenvalue weighted by molar-refractivity contribution is -0.144. The van der Waals surface area contributed by atoms with Gasteiger partial charge < -0.3 is 5.11 Å². The van der Waals surface area contributed by atoms with E-state index in [2.05, 4.69) is 5.32 Å². The fourth-order valence-electron chi connectivity index (χ4n) is 1.55. The van der Waals surface area contributed by atoms with E-state index in [0.717, 1.165) is 6.07 Å². The third-order valence-corrected chi connectivity index (χ3v) is 2.65. The smallest absolute Gasteiger partial charge is 0.328 e. The molecule has 3 nitrogen and oxygen atoms in total. The van der Waals surface area contributed by atoms with Crippen LogP contribution in [0.25, 0.3) is 0 Å². The predicted molar refractivity (Wildman–Crippen MR) is 59.6 cm³/mol. The van der Waals surface area contributed by atoms with Crippen LogP contribution in [0.2, 0.25) is 0 Å². The molecule has 5 heteroatoms. The van der Waals surface area contributed by atoms with Gasteiger partial charge in [-0.2, -0.15) is 0 Å². The summed E-state index contributed by atoms with van der Waals surface area (Å²) < 4.78 is 26.7.